The maximum atomic E-state index is 10.4. The van der Waals surface area contributed by atoms with E-state index in [2.05, 4.69) is 18.9 Å². The van der Waals surface area contributed by atoms with E-state index in [0.717, 1.165) is 29.8 Å². The van der Waals surface area contributed by atoms with Crippen LogP contribution in [0, 0.1) is 0 Å². The molecule has 1 atom stereocenters. The van der Waals surface area contributed by atoms with Gasteiger partial charge in [0, 0.05) is 24.8 Å². The Morgan fingerprint density at radius 1 is 1.60 bits per heavy atom. The molecular weight excluding hydrogens is 190 g/mol. The second-order valence-corrected chi connectivity index (χ2v) is 4.72. The number of aryl methyl sites for hydroxylation is 1. The molecule has 3 N–H and O–H groups in total. The van der Waals surface area contributed by atoms with Gasteiger partial charge in [-0.25, -0.2) is 0 Å². The summed E-state index contributed by atoms with van der Waals surface area (Å²) >= 11 is 0. The molecule has 0 radical (unpaired) electrons. The van der Waals surface area contributed by atoms with Gasteiger partial charge in [-0.05, 0) is 18.8 Å². The number of rotatable bonds is 2. The molecule has 2 rings (SSSR count). The highest BCUT2D eigenvalue weighted by molar-refractivity contribution is 5.39. The lowest BCUT2D eigenvalue weighted by molar-refractivity contribution is 0.0468. The predicted octanol–water partition coefficient (Wildman–Crippen LogP) is 0.636. The van der Waals surface area contributed by atoms with Crippen LogP contribution < -0.4 is 5.73 Å². The van der Waals surface area contributed by atoms with Gasteiger partial charge in [0.1, 0.15) is 5.60 Å². The fraction of sp³-hybridized carbons (Fsp3) is 0.727. The van der Waals surface area contributed by atoms with Gasteiger partial charge in [-0.15, -0.1) is 0 Å². The van der Waals surface area contributed by atoms with Crippen LogP contribution in [0.3, 0.4) is 0 Å². The Morgan fingerprint density at radius 2 is 2.27 bits per heavy atom. The minimum atomic E-state index is -0.844. The smallest absolute Gasteiger partial charge is 0.106 e. The zero-order valence-corrected chi connectivity index (χ0v) is 9.62. The summed E-state index contributed by atoms with van der Waals surface area (Å²) in [5, 5.41) is 14.9. The lowest BCUT2D eigenvalue weighted by atomic mass is 9.92. The number of aromatic nitrogens is 2. The first-order valence-corrected chi connectivity index (χ1v) is 5.48. The average molecular weight is 209 g/mol. The van der Waals surface area contributed by atoms with E-state index >= 15 is 0 Å². The maximum absolute atomic E-state index is 10.4. The van der Waals surface area contributed by atoms with Gasteiger partial charge in [0.25, 0.3) is 0 Å². The zero-order chi connectivity index (χ0) is 11.2. The van der Waals surface area contributed by atoms with Gasteiger partial charge in [-0.1, -0.05) is 13.8 Å². The quantitative estimate of drug-likeness (QED) is 0.751. The third-order valence-electron chi connectivity index (χ3n) is 3.32. The van der Waals surface area contributed by atoms with Gasteiger partial charge >= 0.3 is 0 Å². The molecule has 1 aromatic rings. The van der Waals surface area contributed by atoms with E-state index in [4.69, 9.17) is 5.73 Å². The standard InChI is InChI=1S/C11H19N3O/c1-7(2)10-9-8(14(3)13-10)4-5-11(9,15)6-12/h7,15H,4-6,12H2,1-3H3. The zero-order valence-electron chi connectivity index (χ0n) is 9.62. The Hall–Kier alpha value is -0.870. The molecule has 15 heavy (non-hydrogen) atoms. The largest absolute Gasteiger partial charge is 0.384 e. The molecule has 0 spiro atoms. The molecule has 0 aromatic carbocycles. The minimum Gasteiger partial charge on any atom is -0.384 e. The van der Waals surface area contributed by atoms with Crippen LogP contribution in [0.5, 0.6) is 0 Å². The number of aliphatic hydroxyl groups is 1. The van der Waals surface area contributed by atoms with E-state index in [-0.39, 0.29) is 6.54 Å². The summed E-state index contributed by atoms with van der Waals surface area (Å²) in [6.45, 7) is 4.47. The van der Waals surface area contributed by atoms with Crippen LogP contribution in [0.1, 0.15) is 43.1 Å². The molecule has 0 aliphatic heterocycles. The summed E-state index contributed by atoms with van der Waals surface area (Å²) in [6, 6.07) is 0. The molecule has 0 amide bonds. The number of nitrogens with zero attached hydrogens (tertiary/aromatic N) is 2. The van der Waals surface area contributed by atoms with Crippen LogP contribution in [-0.4, -0.2) is 21.4 Å². The van der Waals surface area contributed by atoms with Crippen molar-refractivity contribution in [1.82, 2.24) is 9.78 Å². The van der Waals surface area contributed by atoms with E-state index in [1.807, 2.05) is 11.7 Å². The van der Waals surface area contributed by atoms with Crippen molar-refractivity contribution in [3.63, 3.8) is 0 Å². The first kappa shape index (κ1) is 10.6. The molecule has 1 aliphatic carbocycles. The van der Waals surface area contributed by atoms with E-state index < -0.39 is 5.60 Å². The fourth-order valence-electron chi connectivity index (χ4n) is 2.43. The molecule has 1 aliphatic rings. The van der Waals surface area contributed by atoms with Gasteiger partial charge in [0.05, 0.1) is 5.69 Å². The summed E-state index contributed by atoms with van der Waals surface area (Å²) < 4.78 is 1.89. The van der Waals surface area contributed by atoms with Gasteiger partial charge < -0.3 is 10.8 Å². The number of hydrogen-bond donors (Lipinski definition) is 2. The lowest BCUT2D eigenvalue weighted by Crippen LogP contribution is -2.33. The molecule has 1 aromatic heterocycles. The Bertz CT molecular complexity index is 383. The highest BCUT2D eigenvalue weighted by Gasteiger charge is 2.41. The van der Waals surface area contributed by atoms with Crippen LogP contribution in [0.15, 0.2) is 0 Å². The molecule has 1 unspecified atom stereocenters. The van der Waals surface area contributed by atoms with Crippen LogP contribution in [0.25, 0.3) is 0 Å². The Labute approximate surface area is 90.1 Å². The maximum Gasteiger partial charge on any atom is 0.106 e. The van der Waals surface area contributed by atoms with E-state index in [0.29, 0.717) is 5.92 Å². The van der Waals surface area contributed by atoms with Crippen LogP contribution in [0.4, 0.5) is 0 Å². The van der Waals surface area contributed by atoms with Crippen molar-refractivity contribution in [3.8, 4) is 0 Å². The number of fused-ring (bicyclic) bond motifs is 1. The Kier molecular flexibility index (Phi) is 2.35. The molecular formula is C11H19N3O. The molecule has 84 valence electrons. The van der Waals surface area contributed by atoms with Crippen molar-refractivity contribution in [1.29, 1.82) is 0 Å². The predicted molar refractivity (Wildman–Crippen MR) is 58.6 cm³/mol. The summed E-state index contributed by atoms with van der Waals surface area (Å²) in [5.74, 6) is 0.330. The van der Waals surface area contributed by atoms with Gasteiger partial charge in [-0.3, -0.25) is 4.68 Å². The van der Waals surface area contributed by atoms with E-state index in [9.17, 15) is 5.11 Å². The Morgan fingerprint density at radius 3 is 2.80 bits per heavy atom. The molecule has 0 fully saturated rings. The Balaban J connectivity index is 2.59. The van der Waals surface area contributed by atoms with Crippen molar-refractivity contribution in [2.75, 3.05) is 6.54 Å². The summed E-state index contributed by atoms with van der Waals surface area (Å²) in [5.41, 5.74) is 7.96. The second-order valence-electron chi connectivity index (χ2n) is 4.72. The average Bonchev–Trinajstić information content (AvgIpc) is 2.68. The van der Waals surface area contributed by atoms with Crippen molar-refractivity contribution in [2.45, 2.75) is 38.2 Å². The van der Waals surface area contributed by atoms with Gasteiger partial charge in [0.2, 0.25) is 0 Å². The monoisotopic (exact) mass is 209 g/mol. The van der Waals surface area contributed by atoms with Crippen LogP contribution >= 0.6 is 0 Å². The summed E-state index contributed by atoms with van der Waals surface area (Å²) in [6.07, 6.45) is 1.60. The molecule has 0 bridgehead atoms. The molecule has 4 nitrogen and oxygen atoms in total. The fourth-order valence-corrected chi connectivity index (χ4v) is 2.43. The third-order valence-corrected chi connectivity index (χ3v) is 3.32. The van der Waals surface area contributed by atoms with E-state index in [1.165, 1.54) is 0 Å². The topological polar surface area (TPSA) is 64.1 Å². The van der Waals surface area contributed by atoms with Crippen molar-refractivity contribution < 1.29 is 5.11 Å². The van der Waals surface area contributed by atoms with Gasteiger partial charge in [0.15, 0.2) is 0 Å². The van der Waals surface area contributed by atoms with E-state index in [1.54, 1.807) is 0 Å². The lowest BCUT2D eigenvalue weighted by Gasteiger charge is -2.22. The first-order valence-electron chi connectivity index (χ1n) is 5.48. The minimum absolute atomic E-state index is 0.283. The second kappa shape index (κ2) is 3.32. The number of hydrogen-bond acceptors (Lipinski definition) is 3. The van der Waals surface area contributed by atoms with Crippen molar-refractivity contribution >= 4 is 0 Å². The highest BCUT2D eigenvalue weighted by atomic mass is 16.3. The van der Waals surface area contributed by atoms with Crippen molar-refractivity contribution in [3.05, 3.63) is 17.0 Å². The SMILES string of the molecule is CC(C)c1nn(C)c2c1C(O)(CN)CC2. The normalized spacial score (nSPS) is 24.9. The van der Waals surface area contributed by atoms with Crippen molar-refractivity contribution in [2.24, 2.45) is 12.8 Å². The number of nitrogens with two attached hydrogens (primary N) is 1. The molecule has 0 saturated heterocycles. The highest BCUT2D eigenvalue weighted by Crippen LogP contribution is 2.40. The molecule has 4 heteroatoms. The molecule has 1 heterocycles. The molecule has 0 saturated carbocycles. The van der Waals surface area contributed by atoms with Crippen LogP contribution in [-0.2, 0) is 19.1 Å². The third kappa shape index (κ3) is 1.40. The van der Waals surface area contributed by atoms with Gasteiger partial charge in [-0.2, -0.15) is 5.10 Å². The van der Waals surface area contributed by atoms with Crippen LogP contribution in [0.2, 0.25) is 0 Å². The summed E-state index contributed by atoms with van der Waals surface area (Å²) in [7, 11) is 1.94. The summed E-state index contributed by atoms with van der Waals surface area (Å²) in [4.78, 5) is 0. The first-order chi connectivity index (χ1) is 6.99.